The van der Waals surface area contributed by atoms with Gasteiger partial charge < -0.3 is 0 Å². The van der Waals surface area contributed by atoms with E-state index in [1.165, 1.54) is 120 Å². The number of hydrogen-bond donors (Lipinski definition) is 0. The van der Waals surface area contributed by atoms with Crippen molar-refractivity contribution in [2.75, 3.05) is 0 Å². The smallest absolute Gasteiger partial charge is 0.0434 e. The maximum absolute atomic E-state index is 4.86. The van der Waals surface area contributed by atoms with Crippen molar-refractivity contribution < 1.29 is 0 Å². The highest BCUT2D eigenvalue weighted by molar-refractivity contribution is 5.17. The third kappa shape index (κ3) is 10.1. The van der Waals surface area contributed by atoms with Gasteiger partial charge in [0, 0.05) is 17.8 Å². The van der Waals surface area contributed by atoms with Crippen LogP contribution in [0.2, 0.25) is 0 Å². The highest BCUT2D eigenvalue weighted by Crippen LogP contribution is 2.37. The van der Waals surface area contributed by atoms with Crippen LogP contribution in [0.3, 0.4) is 0 Å². The zero-order valence-electron chi connectivity index (χ0n) is 19.9. The van der Waals surface area contributed by atoms with Gasteiger partial charge in [0.25, 0.3) is 0 Å². The largest absolute Gasteiger partial charge is 0.261 e. The molecule has 1 heteroatoms. The molecule has 1 nitrogen and oxygen atoms in total. The van der Waals surface area contributed by atoms with Gasteiger partial charge in [0.15, 0.2) is 0 Å². The fraction of sp³-hybridized carbons (Fsp3) is 0.821. The molecule has 1 fully saturated rings. The van der Waals surface area contributed by atoms with Crippen LogP contribution in [0.15, 0.2) is 18.3 Å². The molecule has 1 unspecified atom stereocenters. The molecule has 0 bridgehead atoms. The van der Waals surface area contributed by atoms with E-state index in [0.29, 0.717) is 0 Å². The third-order valence-corrected chi connectivity index (χ3v) is 7.44. The standard InChI is InChI=1S/C28H49N/c1-4-6-7-8-13-16-26-19-22-28(29-23-26)27-20-17-25(18-21-27)15-12-10-9-11-14-24(3)5-2/h19,22-25,27H,4-18,20-21H2,1-3H3/t24?,25-,27-. The number of aryl methyl sites for hydroxylation is 1. The Bertz CT molecular complexity index is 498. The molecular formula is C28H49N. The number of rotatable bonds is 15. The summed E-state index contributed by atoms with van der Waals surface area (Å²) < 4.78 is 0. The van der Waals surface area contributed by atoms with Crippen molar-refractivity contribution in [1.82, 2.24) is 4.98 Å². The average molecular weight is 400 g/mol. The van der Waals surface area contributed by atoms with Crippen molar-refractivity contribution in [1.29, 1.82) is 0 Å². The number of nitrogens with zero attached hydrogens (tertiary/aromatic N) is 1. The van der Waals surface area contributed by atoms with Gasteiger partial charge in [0.2, 0.25) is 0 Å². The molecule has 0 saturated heterocycles. The second-order valence-corrected chi connectivity index (χ2v) is 9.98. The van der Waals surface area contributed by atoms with Crippen LogP contribution < -0.4 is 0 Å². The summed E-state index contributed by atoms with van der Waals surface area (Å²) >= 11 is 0. The lowest BCUT2D eigenvalue weighted by Gasteiger charge is -2.28. The van der Waals surface area contributed by atoms with Crippen LogP contribution in [0.5, 0.6) is 0 Å². The molecule has 0 spiro atoms. The summed E-state index contributed by atoms with van der Waals surface area (Å²) in [5, 5.41) is 0. The van der Waals surface area contributed by atoms with E-state index in [1.807, 2.05) is 0 Å². The summed E-state index contributed by atoms with van der Waals surface area (Å²) in [6.45, 7) is 7.00. The normalized spacial score (nSPS) is 20.7. The van der Waals surface area contributed by atoms with Crippen LogP contribution in [0.4, 0.5) is 0 Å². The fourth-order valence-electron chi connectivity index (χ4n) is 4.99. The maximum atomic E-state index is 4.86. The van der Waals surface area contributed by atoms with Gasteiger partial charge in [0.1, 0.15) is 0 Å². The first-order chi connectivity index (χ1) is 14.2. The highest BCUT2D eigenvalue weighted by Gasteiger charge is 2.22. The molecule has 0 aliphatic heterocycles. The van der Waals surface area contributed by atoms with E-state index >= 15 is 0 Å². The molecule has 2 rings (SSSR count). The van der Waals surface area contributed by atoms with Crippen molar-refractivity contribution in [2.24, 2.45) is 11.8 Å². The summed E-state index contributed by atoms with van der Waals surface area (Å²) in [5.41, 5.74) is 2.80. The summed E-state index contributed by atoms with van der Waals surface area (Å²) in [6.07, 6.45) is 25.8. The van der Waals surface area contributed by atoms with E-state index in [0.717, 1.165) is 17.8 Å². The van der Waals surface area contributed by atoms with Gasteiger partial charge in [-0.3, -0.25) is 4.98 Å². The molecule has 1 heterocycles. The molecular weight excluding hydrogens is 350 g/mol. The second-order valence-electron chi connectivity index (χ2n) is 9.98. The van der Waals surface area contributed by atoms with Crippen molar-refractivity contribution in [2.45, 2.75) is 136 Å². The first kappa shape index (κ1) is 24.4. The van der Waals surface area contributed by atoms with E-state index in [2.05, 4.69) is 39.1 Å². The van der Waals surface area contributed by atoms with Crippen LogP contribution in [0, 0.1) is 11.8 Å². The summed E-state index contributed by atoms with van der Waals surface area (Å²) in [6, 6.07) is 4.69. The molecule has 1 aliphatic carbocycles. The first-order valence-corrected chi connectivity index (χ1v) is 13.2. The Morgan fingerprint density at radius 1 is 0.862 bits per heavy atom. The molecule has 1 aliphatic rings. The monoisotopic (exact) mass is 399 g/mol. The van der Waals surface area contributed by atoms with Gasteiger partial charge in [-0.1, -0.05) is 97.5 Å². The van der Waals surface area contributed by atoms with E-state index in [-0.39, 0.29) is 0 Å². The van der Waals surface area contributed by atoms with E-state index < -0.39 is 0 Å². The van der Waals surface area contributed by atoms with Crippen molar-refractivity contribution in [3.05, 3.63) is 29.6 Å². The number of aromatic nitrogens is 1. The van der Waals surface area contributed by atoms with Gasteiger partial charge in [-0.25, -0.2) is 0 Å². The van der Waals surface area contributed by atoms with Crippen LogP contribution in [0.25, 0.3) is 0 Å². The Kier molecular flexibility index (Phi) is 12.7. The minimum absolute atomic E-state index is 0.723. The van der Waals surface area contributed by atoms with E-state index in [4.69, 9.17) is 4.98 Å². The molecule has 0 aromatic carbocycles. The van der Waals surface area contributed by atoms with Crippen molar-refractivity contribution >= 4 is 0 Å². The van der Waals surface area contributed by atoms with E-state index in [9.17, 15) is 0 Å². The molecule has 1 aromatic heterocycles. The van der Waals surface area contributed by atoms with Gasteiger partial charge in [0.05, 0.1) is 0 Å². The molecule has 166 valence electrons. The lowest BCUT2D eigenvalue weighted by Crippen LogP contribution is -2.14. The second kappa shape index (κ2) is 15.0. The summed E-state index contributed by atoms with van der Waals surface area (Å²) in [7, 11) is 0. The Labute approximate surface area is 182 Å². The van der Waals surface area contributed by atoms with Gasteiger partial charge >= 0.3 is 0 Å². The number of hydrogen-bond acceptors (Lipinski definition) is 1. The minimum atomic E-state index is 0.723. The zero-order valence-corrected chi connectivity index (χ0v) is 19.9. The van der Waals surface area contributed by atoms with E-state index in [1.54, 1.807) is 0 Å². The molecule has 0 radical (unpaired) electrons. The minimum Gasteiger partial charge on any atom is -0.261 e. The lowest BCUT2D eigenvalue weighted by atomic mass is 9.78. The Hall–Kier alpha value is -0.850. The fourth-order valence-corrected chi connectivity index (χ4v) is 4.99. The predicted molar refractivity (Wildman–Crippen MR) is 129 cm³/mol. The molecule has 1 saturated carbocycles. The van der Waals surface area contributed by atoms with Gasteiger partial charge in [-0.15, -0.1) is 0 Å². The summed E-state index contributed by atoms with van der Waals surface area (Å²) in [5.74, 6) is 2.64. The SMILES string of the molecule is CCCCCCCc1ccc([C@H]2CC[C@H](CCCCCCC(C)CC)CC2)nc1. The molecule has 1 aromatic rings. The first-order valence-electron chi connectivity index (χ1n) is 13.2. The highest BCUT2D eigenvalue weighted by atomic mass is 14.7. The van der Waals surface area contributed by atoms with Gasteiger partial charge in [-0.2, -0.15) is 0 Å². The van der Waals surface area contributed by atoms with Gasteiger partial charge in [-0.05, 0) is 62.0 Å². The number of unbranched alkanes of at least 4 members (excludes halogenated alkanes) is 7. The zero-order chi connectivity index (χ0) is 20.7. The predicted octanol–water partition coefficient (Wildman–Crippen LogP) is 9.25. The lowest BCUT2D eigenvalue weighted by molar-refractivity contribution is 0.298. The molecule has 0 amide bonds. The quantitative estimate of drug-likeness (QED) is 0.268. The van der Waals surface area contributed by atoms with Crippen LogP contribution >= 0.6 is 0 Å². The van der Waals surface area contributed by atoms with Crippen LogP contribution in [-0.4, -0.2) is 4.98 Å². The number of pyridine rings is 1. The average Bonchev–Trinajstić information content (AvgIpc) is 2.76. The maximum Gasteiger partial charge on any atom is 0.0434 e. The Balaban J connectivity index is 1.56. The van der Waals surface area contributed by atoms with Crippen molar-refractivity contribution in [3.8, 4) is 0 Å². The topological polar surface area (TPSA) is 12.9 Å². The molecule has 0 N–H and O–H groups in total. The Morgan fingerprint density at radius 3 is 2.28 bits per heavy atom. The van der Waals surface area contributed by atoms with Crippen LogP contribution in [-0.2, 0) is 6.42 Å². The summed E-state index contributed by atoms with van der Waals surface area (Å²) in [4.78, 5) is 4.86. The Morgan fingerprint density at radius 2 is 1.59 bits per heavy atom. The van der Waals surface area contributed by atoms with Crippen LogP contribution in [0.1, 0.15) is 141 Å². The third-order valence-electron chi connectivity index (χ3n) is 7.44. The molecule has 1 atom stereocenters. The van der Waals surface area contributed by atoms with Crippen molar-refractivity contribution in [3.63, 3.8) is 0 Å². The molecule has 29 heavy (non-hydrogen) atoms.